The van der Waals surface area contributed by atoms with Gasteiger partial charge in [0.15, 0.2) is 0 Å². The van der Waals surface area contributed by atoms with Crippen molar-refractivity contribution in [2.45, 2.75) is 25.2 Å². The van der Waals surface area contributed by atoms with E-state index in [1.807, 2.05) is 6.07 Å². The van der Waals surface area contributed by atoms with Crippen LogP contribution in [0.5, 0.6) is 0 Å². The Morgan fingerprint density at radius 1 is 1.29 bits per heavy atom. The Balaban J connectivity index is 1.92. The van der Waals surface area contributed by atoms with Gasteiger partial charge in [-0.15, -0.1) is 0 Å². The number of fused-ring (bicyclic) bond motifs is 1. The van der Waals surface area contributed by atoms with Gasteiger partial charge in [0, 0.05) is 12.2 Å². The molecule has 0 bridgehead atoms. The first kappa shape index (κ1) is 10.6. The maximum Gasteiger partial charge on any atom is 0.236 e. The second-order valence-electron chi connectivity index (χ2n) is 5.18. The van der Waals surface area contributed by atoms with Crippen molar-refractivity contribution in [3.05, 3.63) is 29.8 Å². The van der Waals surface area contributed by atoms with E-state index in [4.69, 9.17) is 5.73 Å². The van der Waals surface area contributed by atoms with Crippen molar-refractivity contribution >= 4 is 11.6 Å². The molecule has 1 saturated carbocycles. The minimum absolute atomic E-state index is 0.246. The molecule has 1 aromatic carbocycles. The molecule has 1 heterocycles. The predicted molar refractivity (Wildman–Crippen MR) is 67.9 cm³/mol. The molecule has 90 valence electrons. The van der Waals surface area contributed by atoms with Crippen molar-refractivity contribution in [1.29, 1.82) is 0 Å². The Morgan fingerprint density at radius 3 is 2.76 bits per heavy atom. The first-order chi connectivity index (χ1) is 8.25. The molecule has 3 nitrogen and oxygen atoms in total. The molecule has 0 saturated heterocycles. The fourth-order valence-corrected chi connectivity index (χ4v) is 3.00. The lowest BCUT2D eigenvalue weighted by Crippen LogP contribution is -2.38. The normalized spacial score (nSPS) is 23.3. The standard InChI is InChI=1S/C14H18N2O/c15-14(17)9-16-8-7-11(10-5-6-10)12-3-1-2-4-13(12)16/h1-4,10-11H,5-9H2,(H2,15,17)/t11-/m1/s1. The molecular formula is C14H18N2O. The molecule has 3 rings (SSSR count). The van der Waals surface area contributed by atoms with Crippen molar-refractivity contribution < 1.29 is 4.79 Å². The van der Waals surface area contributed by atoms with Gasteiger partial charge in [0.2, 0.25) is 5.91 Å². The number of nitrogens with two attached hydrogens (primary N) is 1. The topological polar surface area (TPSA) is 46.3 Å². The Kier molecular flexibility index (Phi) is 2.54. The van der Waals surface area contributed by atoms with Crippen LogP contribution in [0.15, 0.2) is 24.3 Å². The highest BCUT2D eigenvalue weighted by molar-refractivity contribution is 5.80. The zero-order chi connectivity index (χ0) is 11.8. The summed E-state index contributed by atoms with van der Waals surface area (Å²) in [5.41, 5.74) is 7.94. The predicted octanol–water partition coefficient (Wildman–Crippen LogP) is 1.88. The van der Waals surface area contributed by atoms with Gasteiger partial charge in [-0.2, -0.15) is 0 Å². The number of para-hydroxylation sites is 1. The summed E-state index contributed by atoms with van der Waals surface area (Å²) in [7, 11) is 0. The average Bonchev–Trinajstić information content (AvgIpc) is 3.13. The molecule has 3 heteroatoms. The SMILES string of the molecule is NC(=O)CN1CC[C@H](C2CC2)c2ccccc21. The summed E-state index contributed by atoms with van der Waals surface area (Å²) >= 11 is 0. The van der Waals surface area contributed by atoms with E-state index in [0.29, 0.717) is 12.5 Å². The zero-order valence-electron chi connectivity index (χ0n) is 9.93. The maximum atomic E-state index is 11.1. The molecule has 0 unspecified atom stereocenters. The van der Waals surface area contributed by atoms with Crippen LogP contribution in [-0.2, 0) is 4.79 Å². The Labute approximate surface area is 102 Å². The van der Waals surface area contributed by atoms with Crippen LogP contribution >= 0.6 is 0 Å². The zero-order valence-corrected chi connectivity index (χ0v) is 9.93. The number of benzene rings is 1. The monoisotopic (exact) mass is 230 g/mol. The molecule has 17 heavy (non-hydrogen) atoms. The van der Waals surface area contributed by atoms with E-state index in [2.05, 4.69) is 23.1 Å². The minimum Gasteiger partial charge on any atom is -0.368 e. The number of primary amides is 1. The van der Waals surface area contributed by atoms with Crippen LogP contribution in [0.1, 0.15) is 30.7 Å². The first-order valence-electron chi connectivity index (χ1n) is 6.38. The summed E-state index contributed by atoms with van der Waals surface area (Å²) in [5.74, 6) is 1.34. The first-order valence-corrected chi connectivity index (χ1v) is 6.38. The Morgan fingerprint density at radius 2 is 2.06 bits per heavy atom. The third-order valence-corrected chi connectivity index (χ3v) is 3.92. The summed E-state index contributed by atoms with van der Waals surface area (Å²) in [6, 6.07) is 8.47. The maximum absolute atomic E-state index is 11.1. The smallest absolute Gasteiger partial charge is 0.236 e. The summed E-state index contributed by atoms with van der Waals surface area (Å²) in [6.45, 7) is 1.30. The summed E-state index contributed by atoms with van der Waals surface area (Å²) in [5, 5.41) is 0. The van der Waals surface area contributed by atoms with Crippen molar-refractivity contribution in [2.24, 2.45) is 11.7 Å². The second-order valence-corrected chi connectivity index (χ2v) is 5.18. The van der Waals surface area contributed by atoms with Gasteiger partial charge >= 0.3 is 0 Å². The van der Waals surface area contributed by atoms with Gasteiger partial charge in [0.1, 0.15) is 0 Å². The van der Waals surface area contributed by atoms with Gasteiger partial charge < -0.3 is 10.6 Å². The highest BCUT2D eigenvalue weighted by atomic mass is 16.1. The Hall–Kier alpha value is -1.51. The molecular weight excluding hydrogens is 212 g/mol. The molecule has 1 aliphatic heterocycles. The van der Waals surface area contributed by atoms with Gasteiger partial charge in [0.05, 0.1) is 6.54 Å². The highest BCUT2D eigenvalue weighted by Crippen LogP contribution is 2.49. The van der Waals surface area contributed by atoms with E-state index in [0.717, 1.165) is 18.9 Å². The fourth-order valence-electron chi connectivity index (χ4n) is 3.00. The number of hydrogen-bond acceptors (Lipinski definition) is 2. The highest BCUT2D eigenvalue weighted by Gasteiger charge is 2.36. The number of anilines is 1. The summed E-state index contributed by atoms with van der Waals surface area (Å²) in [4.78, 5) is 13.2. The van der Waals surface area contributed by atoms with Gasteiger partial charge in [-0.25, -0.2) is 0 Å². The number of carbonyl (C=O) groups excluding carboxylic acids is 1. The molecule has 0 spiro atoms. The number of amides is 1. The molecule has 1 aromatic rings. The molecule has 1 amide bonds. The van der Waals surface area contributed by atoms with Crippen LogP contribution in [0.2, 0.25) is 0 Å². The number of carbonyl (C=O) groups is 1. The third-order valence-electron chi connectivity index (χ3n) is 3.92. The van der Waals surface area contributed by atoms with Gasteiger partial charge in [-0.3, -0.25) is 4.79 Å². The number of rotatable bonds is 3. The molecule has 0 radical (unpaired) electrons. The average molecular weight is 230 g/mol. The molecule has 0 aromatic heterocycles. The Bertz CT molecular complexity index is 440. The summed E-state index contributed by atoms with van der Waals surface area (Å²) in [6.07, 6.45) is 3.90. The largest absolute Gasteiger partial charge is 0.368 e. The van der Waals surface area contributed by atoms with Crippen molar-refractivity contribution in [3.8, 4) is 0 Å². The van der Waals surface area contributed by atoms with Crippen LogP contribution < -0.4 is 10.6 Å². The molecule has 1 aliphatic carbocycles. The van der Waals surface area contributed by atoms with Crippen molar-refractivity contribution in [1.82, 2.24) is 0 Å². The second kappa shape index (κ2) is 4.06. The lowest BCUT2D eigenvalue weighted by Gasteiger charge is -2.35. The van der Waals surface area contributed by atoms with E-state index >= 15 is 0 Å². The van der Waals surface area contributed by atoms with Crippen LogP contribution in [-0.4, -0.2) is 19.0 Å². The molecule has 1 fully saturated rings. The van der Waals surface area contributed by atoms with E-state index in [1.54, 1.807) is 0 Å². The van der Waals surface area contributed by atoms with Gasteiger partial charge in [0.25, 0.3) is 0 Å². The van der Waals surface area contributed by atoms with Crippen molar-refractivity contribution in [3.63, 3.8) is 0 Å². The summed E-state index contributed by atoms with van der Waals surface area (Å²) < 4.78 is 0. The van der Waals surface area contributed by atoms with Gasteiger partial charge in [-0.05, 0) is 42.7 Å². The lowest BCUT2D eigenvalue weighted by molar-refractivity contribution is -0.116. The van der Waals surface area contributed by atoms with Crippen LogP contribution in [0.25, 0.3) is 0 Å². The van der Waals surface area contributed by atoms with E-state index in [1.165, 1.54) is 24.1 Å². The fraction of sp³-hybridized carbons (Fsp3) is 0.500. The lowest BCUT2D eigenvalue weighted by atomic mass is 9.86. The van der Waals surface area contributed by atoms with E-state index in [9.17, 15) is 4.79 Å². The van der Waals surface area contributed by atoms with E-state index in [-0.39, 0.29) is 5.91 Å². The van der Waals surface area contributed by atoms with Crippen molar-refractivity contribution in [2.75, 3.05) is 18.0 Å². The molecule has 2 N–H and O–H groups in total. The van der Waals surface area contributed by atoms with Crippen LogP contribution in [0, 0.1) is 5.92 Å². The van der Waals surface area contributed by atoms with Crippen LogP contribution in [0.3, 0.4) is 0 Å². The van der Waals surface area contributed by atoms with Gasteiger partial charge in [-0.1, -0.05) is 18.2 Å². The molecule has 1 atom stereocenters. The quantitative estimate of drug-likeness (QED) is 0.861. The number of nitrogens with zero attached hydrogens (tertiary/aromatic N) is 1. The third kappa shape index (κ3) is 2.02. The van der Waals surface area contributed by atoms with E-state index < -0.39 is 0 Å². The number of hydrogen-bond donors (Lipinski definition) is 1. The minimum atomic E-state index is -0.246. The van der Waals surface area contributed by atoms with Crippen LogP contribution in [0.4, 0.5) is 5.69 Å². The molecule has 2 aliphatic rings.